The zero-order valence-corrected chi connectivity index (χ0v) is 14.8. The number of nitrogens with two attached hydrogens (primary N) is 1. The van der Waals surface area contributed by atoms with Crippen molar-refractivity contribution in [2.24, 2.45) is 0 Å². The van der Waals surface area contributed by atoms with Gasteiger partial charge in [-0.05, 0) is 6.42 Å². The van der Waals surface area contributed by atoms with Gasteiger partial charge in [0, 0.05) is 30.5 Å². The molecule has 0 amide bonds. The number of nitrogens with zero attached hydrogens (tertiary/aromatic N) is 7. The summed E-state index contributed by atoms with van der Waals surface area (Å²) in [7, 11) is 0. The highest BCUT2D eigenvalue weighted by Crippen LogP contribution is 2.30. The van der Waals surface area contributed by atoms with E-state index in [0.717, 1.165) is 48.7 Å². The van der Waals surface area contributed by atoms with Gasteiger partial charge in [0.05, 0.1) is 32.9 Å². The van der Waals surface area contributed by atoms with Gasteiger partial charge in [-0.3, -0.25) is 0 Å². The van der Waals surface area contributed by atoms with Crippen LogP contribution in [0, 0.1) is 0 Å². The topological polar surface area (TPSA) is 117 Å². The maximum Gasteiger partial charge on any atom is 0.219 e. The first-order valence-electron chi connectivity index (χ1n) is 9.03. The molecule has 2 N–H and O–H groups in total. The number of hydrogen-bond donors (Lipinski definition) is 1. The average molecular weight is 368 g/mol. The van der Waals surface area contributed by atoms with Gasteiger partial charge in [-0.15, -0.1) is 0 Å². The molecule has 140 valence electrons. The standard InChI is InChI=1S/C17H20N8O2/c18-17-19-7-12(8-20-17)13-14-16(23-15(22-13)11-1-4-27-9-11)21-10-25(14)24-2-5-26-6-3-24/h7-8,10-11H,1-6,9H2,(H2,18,19,20). The summed E-state index contributed by atoms with van der Waals surface area (Å²) in [6.07, 6.45) is 6.08. The van der Waals surface area contributed by atoms with E-state index < -0.39 is 0 Å². The molecule has 0 spiro atoms. The maximum atomic E-state index is 5.66. The van der Waals surface area contributed by atoms with Crippen LogP contribution >= 0.6 is 0 Å². The SMILES string of the molecule is Nc1ncc(-c2nc(C3CCOC3)nc3ncn(N4CCOCC4)c23)cn1. The molecular weight excluding hydrogens is 348 g/mol. The molecule has 1 unspecified atom stereocenters. The number of rotatable bonds is 3. The first kappa shape index (κ1) is 16.3. The second-order valence-corrected chi connectivity index (χ2v) is 6.65. The minimum Gasteiger partial charge on any atom is -0.381 e. The molecule has 0 aromatic carbocycles. The fraction of sp³-hybridized carbons (Fsp3) is 0.471. The summed E-state index contributed by atoms with van der Waals surface area (Å²) in [5.41, 5.74) is 8.70. The molecule has 2 aliphatic rings. The Morgan fingerprint density at radius 2 is 1.81 bits per heavy atom. The molecule has 10 heteroatoms. The predicted octanol–water partition coefficient (Wildman–Crippen LogP) is 0.338. The van der Waals surface area contributed by atoms with Gasteiger partial charge in [0.1, 0.15) is 23.4 Å². The van der Waals surface area contributed by atoms with Crippen molar-refractivity contribution >= 4 is 17.1 Å². The first-order chi connectivity index (χ1) is 13.3. The van der Waals surface area contributed by atoms with E-state index in [2.05, 4.69) is 20.0 Å². The average Bonchev–Trinajstić information content (AvgIpc) is 3.39. The summed E-state index contributed by atoms with van der Waals surface area (Å²) in [6, 6.07) is 0. The van der Waals surface area contributed by atoms with Gasteiger partial charge in [0.15, 0.2) is 5.65 Å². The van der Waals surface area contributed by atoms with Crippen LogP contribution in [0.2, 0.25) is 0 Å². The molecule has 2 saturated heterocycles. The molecule has 3 aromatic rings. The highest BCUT2D eigenvalue weighted by atomic mass is 16.5. The number of fused-ring (bicyclic) bond motifs is 1. The highest BCUT2D eigenvalue weighted by molar-refractivity contribution is 5.87. The molecule has 10 nitrogen and oxygen atoms in total. The van der Waals surface area contributed by atoms with Crippen molar-refractivity contribution in [2.75, 3.05) is 50.3 Å². The Morgan fingerprint density at radius 3 is 2.56 bits per heavy atom. The predicted molar refractivity (Wildman–Crippen MR) is 97.7 cm³/mol. The fourth-order valence-corrected chi connectivity index (χ4v) is 3.49. The lowest BCUT2D eigenvalue weighted by molar-refractivity contribution is 0.112. The van der Waals surface area contributed by atoms with Crippen molar-refractivity contribution in [1.82, 2.24) is 29.6 Å². The van der Waals surface area contributed by atoms with E-state index in [4.69, 9.17) is 25.2 Å². The molecule has 0 saturated carbocycles. The van der Waals surface area contributed by atoms with E-state index in [1.165, 1.54) is 0 Å². The molecule has 0 radical (unpaired) electrons. The molecule has 1 atom stereocenters. The van der Waals surface area contributed by atoms with Crippen molar-refractivity contribution in [3.63, 3.8) is 0 Å². The van der Waals surface area contributed by atoms with Crippen LogP contribution in [0.1, 0.15) is 18.2 Å². The quantitative estimate of drug-likeness (QED) is 0.698. The molecule has 0 bridgehead atoms. The Bertz CT molecular complexity index is 945. The maximum absolute atomic E-state index is 5.66. The van der Waals surface area contributed by atoms with Gasteiger partial charge < -0.3 is 20.2 Å². The Morgan fingerprint density at radius 1 is 1.00 bits per heavy atom. The Labute approximate surface area is 155 Å². The third-order valence-electron chi connectivity index (χ3n) is 4.93. The van der Waals surface area contributed by atoms with Crippen molar-refractivity contribution in [3.05, 3.63) is 24.5 Å². The minimum absolute atomic E-state index is 0.177. The summed E-state index contributed by atoms with van der Waals surface area (Å²) in [5.74, 6) is 1.16. The van der Waals surface area contributed by atoms with Crippen molar-refractivity contribution < 1.29 is 9.47 Å². The zero-order chi connectivity index (χ0) is 18.2. The largest absolute Gasteiger partial charge is 0.381 e. The fourth-order valence-electron chi connectivity index (χ4n) is 3.49. The summed E-state index contributed by atoms with van der Waals surface area (Å²) in [5, 5.41) is 2.18. The van der Waals surface area contributed by atoms with Gasteiger partial charge in [0.2, 0.25) is 5.95 Å². The number of hydrogen-bond acceptors (Lipinski definition) is 9. The monoisotopic (exact) mass is 368 g/mol. The second-order valence-electron chi connectivity index (χ2n) is 6.65. The van der Waals surface area contributed by atoms with Crippen molar-refractivity contribution in [2.45, 2.75) is 12.3 Å². The third kappa shape index (κ3) is 2.96. The van der Waals surface area contributed by atoms with Crippen LogP contribution in [0.15, 0.2) is 18.7 Å². The molecule has 5 heterocycles. The third-order valence-corrected chi connectivity index (χ3v) is 4.93. The smallest absolute Gasteiger partial charge is 0.219 e. The lowest BCUT2D eigenvalue weighted by atomic mass is 10.1. The van der Waals surface area contributed by atoms with Crippen LogP contribution in [0.4, 0.5) is 5.95 Å². The van der Waals surface area contributed by atoms with E-state index in [-0.39, 0.29) is 11.9 Å². The van der Waals surface area contributed by atoms with Crippen LogP contribution in [0.5, 0.6) is 0 Å². The van der Waals surface area contributed by atoms with Crippen molar-refractivity contribution in [1.29, 1.82) is 0 Å². The molecule has 0 aliphatic carbocycles. The Kier molecular flexibility index (Phi) is 4.06. The van der Waals surface area contributed by atoms with Gasteiger partial charge in [0.25, 0.3) is 0 Å². The molecule has 3 aromatic heterocycles. The second kappa shape index (κ2) is 6.71. The van der Waals surface area contributed by atoms with Gasteiger partial charge >= 0.3 is 0 Å². The van der Waals surface area contributed by atoms with Gasteiger partial charge in [-0.1, -0.05) is 0 Å². The van der Waals surface area contributed by atoms with E-state index in [0.29, 0.717) is 25.5 Å². The van der Waals surface area contributed by atoms with Gasteiger partial charge in [-0.2, -0.15) is 0 Å². The Hall–Kier alpha value is -2.85. The number of morpholine rings is 1. The van der Waals surface area contributed by atoms with Crippen LogP contribution in [0.25, 0.3) is 22.4 Å². The van der Waals surface area contributed by atoms with Gasteiger partial charge in [-0.25, -0.2) is 29.6 Å². The summed E-state index contributed by atoms with van der Waals surface area (Å²) in [4.78, 5) is 22.4. The molecular formula is C17H20N8O2. The van der Waals surface area contributed by atoms with Crippen LogP contribution in [0.3, 0.4) is 0 Å². The number of aromatic nitrogens is 6. The minimum atomic E-state index is 0.177. The van der Waals surface area contributed by atoms with E-state index in [9.17, 15) is 0 Å². The van der Waals surface area contributed by atoms with Crippen LogP contribution < -0.4 is 10.7 Å². The van der Waals surface area contributed by atoms with E-state index in [1.807, 2.05) is 4.68 Å². The highest BCUT2D eigenvalue weighted by Gasteiger charge is 2.25. The van der Waals surface area contributed by atoms with Crippen LogP contribution in [-0.2, 0) is 9.47 Å². The lowest BCUT2D eigenvalue weighted by Gasteiger charge is -2.30. The Balaban J connectivity index is 1.68. The normalized spacial score (nSPS) is 20.4. The lowest BCUT2D eigenvalue weighted by Crippen LogP contribution is -2.43. The van der Waals surface area contributed by atoms with Crippen LogP contribution in [-0.4, -0.2) is 69.1 Å². The number of imidazole rings is 1. The van der Waals surface area contributed by atoms with E-state index >= 15 is 0 Å². The summed E-state index contributed by atoms with van der Waals surface area (Å²) >= 11 is 0. The molecule has 5 rings (SSSR count). The number of ether oxygens (including phenoxy) is 2. The summed E-state index contributed by atoms with van der Waals surface area (Å²) in [6.45, 7) is 4.28. The van der Waals surface area contributed by atoms with Crippen molar-refractivity contribution in [3.8, 4) is 11.3 Å². The molecule has 27 heavy (non-hydrogen) atoms. The number of anilines is 1. The number of nitrogen functional groups attached to an aromatic ring is 1. The first-order valence-corrected chi connectivity index (χ1v) is 9.03. The molecule has 2 aliphatic heterocycles. The summed E-state index contributed by atoms with van der Waals surface area (Å²) < 4.78 is 13.0. The zero-order valence-electron chi connectivity index (χ0n) is 14.8. The van der Waals surface area contributed by atoms with E-state index in [1.54, 1.807) is 18.7 Å². The molecule has 2 fully saturated rings.